The summed E-state index contributed by atoms with van der Waals surface area (Å²) in [4.78, 5) is 13.0. The van der Waals surface area contributed by atoms with Gasteiger partial charge in [-0.25, -0.2) is 13.8 Å². The number of nitrogens with one attached hydrogen (secondary N) is 1. The van der Waals surface area contributed by atoms with Crippen LogP contribution >= 0.6 is 11.6 Å². The number of para-hydroxylation sites is 3. The summed E-state index contributed by atoms with van der Waals surface area (Å²) in [7, 11) is -2.64. The second kappa shape index (κ2) is 11.5. The van der Waals surface area contributed by atoms with Gasteiger partial charge in [-0.3, -0.25) is 9.10 Å². The second-order valence-electron chi connectivity index (χ2n) is 8.40. The molecule has 10 heteroatoms. The van der Waals surface area contributed by atoms with Crippen LogP contribution in [-0.4, -0.2) is 38.8 Å². The summed E-state index contributed by atoms with van der Waals surface area (Å²) in [6.45, 7) is 3.37. The Labute approximate surface area is 227 Å². The molecule has 0 unspecified atom stereocenters. The first-order valence-corrected chi connectivity index (χ1v) is 13.5. The average molecular weight is 551 g/mol. The van der Waals surface area contributed by atoms with Crippen molar-refractivity contribution in [2.24, 2.45) is 5.10 Å². The highest BCUT2D eigenvalue weighted by Crippen LogP contribution is 2.32. The van der Waals surface area contributed by atoms with Crippen LogP contribution in [0.1, 0.15) is 17.0 Å². The lowest BCUT2D eigenvalue weighted by molar-refractivity contribution is -0.119. The van der Waals surface area contributed by atoms with E-state index in [0.717, 1.165) is 26.9 Å². The number of carbonyl (C=O) groups is 1. The van der Waals surface area contributed by atoms with Crippen LogP contribution in [0.4, 0.5) is 5.69 Å². The van der Waals surface area contributed by atoms with Gasteiger partial charge in [0.2, 0.25) is 0 Å². The van der Waals surface area contributed by atoms with E-state index >= 15 is 0 Å². The molecule has 4 rings (SSSR count). The molecule has 38 heavy (non-hydrogen) atoms. The fraction of sp³-hybridized carbons (Fsp3) is 0.143. The minimum Gasteiger partial charge on any atom is -0.495 e. The van der Waals surface area contributed by atoms with Crippen molar-refractivity contribution >= 4 is 39.4 Å². The van der Waals surface area contributed by atoms with Gasteiger partial charge in [0.25, 0.3) is 15.9 Å². The van der Waals surface area contributed by atoms with Crippen molar-refractivity contribution in [3.63, 3.8) is 0 Å². The molecule has 1 N–H and O–H groups in total. The van der Waals surface area contributed by atoms with E-state index in [0.29, 0.717) is 10.8 Å². The molecule has 0 radical (unpaired) electrons. The number of anilines is 1. The van der Waals surface area contributed by atoms with Crippen LogP contribution in [0.2, 0.25) is 5.02 Å². The number of hydrogen-bond donors (Lipinski definition) is 1. The second-order valence-corrected chi connectivity index (χ2v) is 10.7. The molecule has 0 aliphatic heterocycles. The topological polar surface area (TPSA) is 93.0 Å². The van der Waals surface area contributed by atoms with Crippen LogP contribution in [0.25, 0.3) is 5.69 Å². The Morgan fingerprint density at radius 1 is 1.03 bits per heavy atom. The summed E-state index contributed by atoms with van der Waals surface area (Å²) in [6, 6.07) is 24.0. The van der Waals surface area contributed by atoms with E-state index in [2.05, 4.69) is 10.5 Å². The first-order chi connectivity index (χ1) is 18.2. The van der Waals surface area contributed by atoms with Gasteiger partial charge < -0.3 is 9.30 Å². The van der Waals surface area contributed by atoms with Crippen LogP contribution in [0, 0.1) is 13.8 Å². The largest absolute Gasteiger partial charge is 0.495 e. The molecule has 0 saturated heterocycles. The molecule has 8 nitrogen and oxygen atoms in total. The summed E-state index contributed by atoms with van der Waals surface area (Å²) in [5.74, 6) is -0.304. The number of carbonyl (C=O) groups excluding carboxylic acids is 1. The van der Waals surface area contributed by atoms with E-state index in [1.165, 1.54) is 25.5 Å². The van der Waals surface area contributed by atoms with Gasteiger partial charge in [0.15, 0.2) is 0 Å². The highest BCUT2D eigenvalue weighted by Gasteiger charge is 2.29. The molecule has 0 bridgehead atoms. The lowest BCUT2D eigenvalue weighted by Gasteiger charge is -2.25. The number of ether oxygens (including phenoxy) is 1. The molecule has 0 aliphatic carbocycles. The van der Waals surface area contributed by atoms with E-state index in [9.17, 15) is 13.2 Å². The zero-order chi connectivity index (χ0) is 27.3. The average Bonchev–Trinajstić information content (AvgIpc) is 3.20. The van der Waals surface area contributed by atoms with Gasteiger partial charge in [-0.2, -0.15) is 5.10 Å². The molecule has 0 fully saturated rings. The molecule has 0 spiro atoms. The van der Waals surface area contributed by atoms with E-state index in [1.54, 1.807) is 42.5 Å². The number of nitrogens with zero attached hydrogens (tertiary/aromatic N) is 3. The Balaban J connectivity index is 1.58. The zero-order valence-electron chi connectivity index (χ0n) is 21.1. The van der Waals surface area contributed by atoms with Crippen LogP contribution < -0.4 is 14.5 Å². The Bertz CT molecular complexity index is 1580. The molecule has 1 heterocycles. The fourth-order valence-corrected chi connectivity index (χ4v) is 5.79. The summed E-state index contributed by atoms with van der Waals surface area (Å²) in [6.07, 6.45) is 1.52. The lowest BCUT2D eigenvalue weighted by atomic mass is 10.2. The van der Waals surface area contributed by atoms with Gasteiger partial charge in [-0.1, -0.05) is 54.1 Å². The van der Waals surface area contributed by atoms with E-state index in [4.69, 9.17) is 16.3 Å². The molecule has 1 amide bonds. The van der Waals surface area contributed by atoms with Crippen LogP contribution in [0.3, 0.4) is 0 Å². The maximum Gasteiger partial charge on any atom is 0.264 e. The number of aryl methyl sites for hydroxylation is 1. The lowest BCUT2D eigenvalue weighted by Crippen LogP contribution is -2.39. The molecule has 3 aromatic carbocycles. The van der Waals surface area contributed by atoms with Crippen LogP contribution in [0.15, 0.2) is 94.9 Å². The van der Waals surface area contributed by atoms with Crippen LogP contribution in [0.5, 0.6) is 5.75 Å². The van der Waals surface area contributed by atoms with Crippen molar-refractivity contribution in [3.8, 4) is 11.4 Å². The Kier molecular flexibility index (Phi) is 8.19. The number of hydrogen-bond acceptors (Lipinski definition) is 5. The number of sulfonamides is 1. The molecular weight excluding hydrogens is 524 g/mol. The van der Waals surface area contributed by atoms with Crippen LogP contribution in [-0.2, 0) is 14.8 Å². The first kappa shape index (κ1) is 27.0. The van der Waals surface area contributed by atoms with Gasteiger partial charge in [-0.15, -0.1) is 0 Å². The van der Waals surface area contributed by atoms with Gasteiger partial charge in [0.1, 0.15) is 12.3 Å². The molecule has 0 aliphatic rings. The van der Waals surface area contributed by atoms with Gasteiger partial charge in [-0.05, 0) is 56.3 Å². The number of halogens is 1. The Morgan fingerprint density at radius 3 is 2.39 bits per heavy atom. The third-order valence-electron chi connectivity index (χ3n) is 5.93. The van der Waals surface area contributed by atoms with Gasteiger partial charge >= 0.3 is 0 Å². The third-order valence-corrected chi connectivity index (χ3v) is 8.02. The minimum absolute atomic E-state index is 0.0502. The minimum atomic E-state index is -4.08. The molecule has 0 atom stereocenters. The SMILES string of the molecule is COc1ccccc1N(CC(=O)N/N=C\c1cc(C)n(-c2ccccc2Cl)c1C)S(=O)(=O)c1ccccc1. The first-order valence-electron chi connectivity index (χ1n) is 11.7. The molecule has 0 saturated carbocycles. The maximum absolute atomic E-state index is 13.5. The van der Waals surface area contributed by atoms with E-state index in [1.807, 2.05) is 48.7 Å². The van der Waals surface area contributed by atoms with Crippen molar-refractivity contribution in [1.82, 2.24) is 9.99 Å². The third kappa shape index (κ3) is 5.58. The zero-order valence-corrected chi connectivity index (χ0v) is 22.7. The molecule has 4 aromatic rings. The van der Waals surface area contributed by atoms with Crippen molar-refractivity contribution < 1.29 is 17.9 Å². The molecule has 1 aromatic heterocycles. The smallest absolute Gasteiger partial charge is 0.264 e. The summed E-state index contributed by atoms with van der Waals surface area (Å²) in [5.41, 5.74) is 6.13. The molecular formula is C28H27ClN4O4S. The van der Waals surface area contributed by atoms with E-state index in [-0.39, 0.29) is 10.6 Å². The number of methoxy groups -OCH3 is 1. The Morgan fingerprint density at radius 2 is 1.68 bits per heavy atom. The maximum atomic E-state index is 13.5. The van der Waals surface area contributed by atoms with E-state index < -0.39 is 22.5 Å². The highest BCUT2D eigenvalue weighted by molar-refractivity contribution is 7.92. The number of amides is 1. The van der Waals surface area contributed by atoms with Crippen molar-refractivity contribution in [3.05, 3.63) is 107 Å². The normalized spacial score (nSPS) is 11.5. The van der Waals surface area contributed by atoms with Crippen molar-refractivity contribution in [2.75, 3.05) is 18.0 Å². The standard InChI is InChI=1S/C28H27ClN4O4S/c1-20-17-22(21(2)33(20)25-14-8-7-13-24(25)29)18-30-31-28(34)19-32(26-15-9-10-16-27(26)37-3)38(35,36)23-11-5-4-6-12-23/h4-18H,19H2,1-3H3,(H,31,34)/b30-18-. The van der Waals surface area contributed by atoms with Crippen molar-refractivity contribution in [1.29, 1.82) is 0 Å². The highest BCUT2D eigenvalue weighted by atomic mass is 35.5. The fourth-order valence-electron chi connectivity index (χ4n) is 4.12. The predicted molar refractivity (Wildman–Crippen MR) is 150 cm³/mol. The number of hydrazone groups is 1. The van der Waals surface area contributed by atoms with Gasteiger partial charge in [0, 0.05) is 17.0 Å². The number of aromatic nitrogens is 1. The predicted octanol–water partition coefficient (Wildman–Crippen LogP) is 5.10. The molecule has 196 valence electrons. The van der Waals surface area contributed by atoms with Crippen molar-refractivity contribution in [2.45, 2.75) is 18.7 Å². The monoisotopic (exact) mass is 550 g/mol. The number of benzene rings is 3. The summed E-state index contributed by atoms with van der Waals surface area (Å²) >= 11 is 6.39. The summed E-state index contributed by atoms with van der Waals surface area (Å²) < 4.78 is 35.4. The quantitative estimate of drug-likeness (QED) is 0.232. The number of rotatable bonds is 9. The summed E-state index contributed by atoms with van der Waals surface area (Å²) in [5, 5.41) is 4.71. The Hall–Kier alpha value is -4.08. The van der Waals surface area contributed by atoms with Gasteiger partial charge in [0.05, 0.1) is 34.6 Å².